The highest BCUT2D eigenvalue weighted by molar-refractivity contribution is 9.11. The zero-order valence-corrected chi connectivity index (χ0v) is 14.0. The van der Waals surface area contributed by atoms with Gasteiger partial charge in [0.1, 0.15) is 0 Å². The minimum Gasteiger partial charge on any atom is -0.346 e. The van der Waals surface area contributed by atoms with Gasteiger partial charge in [0, 0.05) is 4.88 Å². The molecule has 0 radical (unpaired) electrons. The molecule has 0 bridgehead atoms. The molecule has 1 amide bonds. The van der Waals surface area contributed by atoms with Gasteiger partial charge >= 0.3 is 0 Å². The lowest BCUT2D eigenvalue weighted by molar-refractivity contribution is 0.0946. The topological polar surface area (TPSA) is 59.8 Å². The van der Waals surface area contributed by atoms with Gasteiger partial charge in [0.15, 0.2) is 5.69 Å². The van der Waals surface area contributed by atoms with E-state index in [4.69, 9.17) is 0 Å². The molecular formula is C15H13BrN4OS. The Bertz CT molecular complexity index is 769. The molecule has 112 valence electrons. The molecule has 0 unspecified atom stereocenters. The molecule has 0 saturated carbocycles. The lowest BCUT2D eigenvalue weighted by Crippen LogP contribution is -2.22. The summed E-state index contributed by atoms with van der Waals surface area (Å²) < 4.78 is 2.71. The van der Waals surface area contributed by atoms with Gasteiger partial charge in [0.25, 0.3) is 5.91 Å². The number of aromatic nitrogens is 3. The standard InChI is InChI=1S/C15H13BrN4OS/c16-14-7-6-12(22-14)8-17-15(21)13-10-20(19-18-13)9-11-4-2-1-3-5-11/h1-7,10H,8-9H2,(H,17,21). The fraction of sp³-hybridized carbons (Fsp3) is 0.133. The molecule has 0 aliphatic rings. The van der Waals surface area contributed by atoms with Crippen molar-refractivity contribution in [1.29, 1.82) is 0 Å². The van der Waals surface area contributed by atoms with E-state index in [1.165, 1.54) is 0 Å². The highest BCUT2D eigenvalue weighted by Gasteiger charge is 2.11. The van der Waals surface area contributed by atoms with E-state index in [1.807, 2.05) is 42.5 Å². The van der Waals surface area contributed by atoms with E-state index in [-0.39, 0.29) is 5.91 Å². The zero-order valence-electron chi connectivity index (χ0n) is 11.6. The van der Waals surface area contributed by atoms with Gasteiger partial charge in [-0.25, -0.2) is 4.68 Å². The maximum atomic E-state index is 12.1. The number of halogens is 1. The fourth-order valence-electron chi connectivity index (χ4n) is 1.95. The minimum absolute atomic E-state index is 0.219. The summed E-state index contributed by atoms with van der Waals surface area (Å²) >= 11 is 4.99. The first-order valence-electron chi connectivity index (χ1n) is 6.67. The molecule has 1 N–H and O–H groups in total. The molecule has 3 rings (SSSR count). The van der Waals surface area contributed by atoms with Crippen LogP contribution in [0.2, 0.25) is 0 Å². The number of nitrogens with one attached hydrogen (secondary N) is 1. The molecule has 22 heavy (non-hydrogen) atoms. The predicted molar refractivity (Wildman–Crippen MR) is 88.8 cm³/mol. The van der Waals surface area contributed by atoms with Crippen molar-refractivity contribution in [2.24, 2.45) is 0 Å². The van der Waals surface area contributed by atoms with E-state index in [9.17, 15) is 4.79 Å². The van der Waals surface area contributed by atoms with E-state index in [0.717, 1.165) is 14.2 Å². The van der Waals surface area contributed by atoms with Crippen molar-refractivity contribution in [3.05, 3.63) is 68.6 Å². The molecule has 0 aliphatic carbocycles. The van der Waals surface area contributed by atoms with E-state index in [2.05, 4.69) is 31.6 Å². The predicted octanol–water partition coefficient (Wildman–Crippen LogP) is 3.08. The van der Waals surface area contributed by atoms with Gasteiger partial charge in [-0.2, -0.15) is 0 Å². The zero-order chi connectivity index (χ0) is 15.4. The first kappa shape index (κ1) is 14.9. The second-order valence-corrected chi connectivity index (χ2v) is 7.22. The van der Waals surface area contributed by atoms with Crippen LogP contribution in [0.5, 0.6) is 0 Å². The molecule has 1 aromatic carbocycles. The van der Waals surface area contributed by atoms with Crippen LogP contribution in [0.4, 0.5) is 0 Å². The highest BCUT2D eigenvalue weighted by atomic mass is 79.9. The van der Waals surface area contributed by atoms with Gasteiger partial charge in [-0.3, -0.25) is 4.79 Å². The molecule has 2 heterocycles. The number of rotatable bonds is 5. The van der Waals surface area contributed by atoms with Crippen LogP contribution in [-0.2, 0) is 13.1 Å². The van der Waals surface area contributed by atoms with Crippen LogP contribution in [0.1, 0.15) is 20.9 Å². The normalized spacial score (nSPS) is 10.6. The first-order valence-corrected chi connectivity index (χ1v) is 8.28. The van der Waals surface area contributed by atoms with Gasteiger partial charge in [0.05, 0.1) is 23.1 Å². The summed E-state index contributed by atoms with van der Waals surface area (Å²) in [4.78, 5) is 13.1. The molecule has 2 aromatic heterocycles. The number of nitrogens with zero attached hydrogens (tertiary/aromatic N) is 3. The molecule has 0 fully saturated rings. The molecule has 0 atom stereocenters. The maximum absolute atomic E-state index is 12.1. The molecule has 0 spiro atoms. The van der Waals surface area contributed by atoms with Crippen LogP contribution in [-0.4, -0.2) is 20.9 Å². The Morgan fingerprint density at radius 2 is 2.05 bits per heavy atom. The Hall–Kier alpha value is -1.99. The number of amides is 1. The Balaban J connectivity index is 1.59. The molecule has 0 saturated heterocycles. The van der Waals surface area contributed by atoms with Crippen LogP contribution in [0, 0.1) is 0 Å². The van der Waals surface area contributed by atoms with Gasteiger partial charge < -0.3 is 5.32 Å². The molecule has 5 nitrogen and oxygen atoms in total. The number of thiophene rings is 1. The van der Waals surface area contributed by atoms with Gasteiger partial charge in [0.2, 0.25) is 0 Å². The minimum atomic E-state index is -0.219. The smallest absolute Gasteiger partial charge is 0.273 e. The van der Waals surface area contributed by atoms with Crippen LogP contribution < -0.4 is 5.32 Å². The summed E-state index contributed by atoms with van der Waals surface area (Å²) in [6.07, 6.45) is 1.66. The largest absolute Gasteiger partial charge is 0.346 e. The third-order valence-corrected chi connectivity index (χ3v) is 4.63. The van der Waals surface area contributed by atoms with E-state index >= 15 is 0 Å². The Morgan fingerprint density at radius 1 is 1.23 bits per heavy atom. The SMILES string of the molecule is O=C(NCc1ccc(Br)s1)c1cn(Cc2ccccc2)nn1. The van der Waals surface area contributed by atoms with Crippen molar-refractivity contribution in [2.75, 3.05) is 0 Å². The number of hydrogen-bond acceptors (Lipinski definition) is 4. The lowest BCUT2D eigenvalue weighted by Gasteiger charge is -2.00. The molecule has 0 aliphatic heterocycles. The number of carbonyl (C=O) groups excluding carboxylic acids is 1. The first-order chi connectivity index (χ1) is 10.7. The van der Waals surface area contributed by atoms with Crippen molar-refractivity contribution in [3.8, 4) is 0 Å². The summed E-state index contributed by atoms with van der Waals surface area (Å²) in [5.41, 5.74) is 1.44. The molecule has 3 aromatic rings. The summed E-state index contributed by atoms with van der Waals surface area (Å²) in [6, 6.07) is 13.9. The average molecular weight is 377 g/mol. The van der Waals surface area contributed by atoms with Gasteiger partial charge in [-0.15, -0.1) is 16.4 Å². The Labute approximate surface area is 140 Å². The number of hydrogen-bond donors (Lipinski definition) is 1. The van der Waals surface area contributed by atoms with Crippen molar-refractivity contribution < 1.29 is 4.79 Å². The monoisotopic (exact) mass is 376 g/mol. The second-order valence-electron chi connectivity index (χ2n) is 4.68. The van der Waals surface area contributed by atoms with Crippen molar-refractivity contribution in [3.63, 3.8) is 0 Å². The summed E-state index contributed by atoms with van der Waals surface area (Å²) in [6.45, 7) is 1.08. The number of benzene rings is 1. The Morgan fingerprint density at radius 3 is 2.77 bits per heavy atom. The fourth-order valence-corrected chi connectivity index (χ4v) is 3.38. The lowest BCUT2D eigenvalue weighted by atomic mass is 10.2. The van der Waals surface area contributed by atoms with Crippen molar-refractivity contribution in [2.45, 2.75) is 13.1 Å². The molecule has 7 heteroatoms. The van der Waals surface area contributed by atoms with Crippen LogP contribution in [0.25, 0.3) is 0 Å². The van der Waals surface area contributed by atoms with Gasteiger partial charge in [-0.05, 0) is 33.6 Å². The quantitative estimate of drug-likeness (QED) is 0.744. The van der Waals surface area contributed by atoms with E-state index in [0.29, 0.717) is 18.8 Å². The van der Waals surface area contributed by atoms with E-state index in [1.54, 1.807) is 22.2 Å². The average Bonchev–Trinajstić information content (AvgIpc) is 3.15. The summed E-state index contributed by atoms with van der Waals surface area (Å²) in [7, 11) is 0. The van der Waals surface area contributed by atoms with Crippen molar-refractivity contribution >= 4 is 33.2 Å². The second kappa shape index (κ2) is 6.85. The van der Waals surface area contributed by atoms with Crippen LogP contribution >= 0.6 is 27.3 Å². The summed E-state index contributed by atoms with van der Waals surface area (Å²) in [5.74, 6) is -0.219. The third kappa shape index (κ3) is 3.80. The van der Waals surface area contributed by atoms with Gasteiger partial charge in [-0.1, -0.05) is 35.5 Å². The molecular weight excluding hydrogens is 364 g/mol. The maximum Gasteiger partial charge on any atom is 0.273 e. The van der Waals surface area contributed by atoms with Crippen LogP contribution in [0.3, 0.4) is 0 Å². The summed E-state index contributed by atoms with van der Waals surface area (Å²) in [5, 5.41) is 10.8. The van der Waals surface area contributed by atoms with E-state index < -0.39 is 0 Å². The number of carbonyl (C=O) groups is 1. The third-order valence-electron chi connectivity index (χ3n) is 3.01. The highest BCUT2D eigenvalue weighted by Crippen LogP contribution is 2.21. The van der Waals surface area contributed by atoms with Crippen molar-refractivity contribution in [1.82, 2.24) is 20.3 Å². The van der Waals surface area contributed by atoms with Crippen LogP contribution in [0.15, 0.2) is 52.4 Å². The Kier molecular flexibility index (Phi) is 4.65.